The number of hydrogen-bond donors (Lipinski definition) is 3. The summed E-state index contributed by atoms with van der Waals surface area (Å²) >= 11 is 0. The van der Waals surface area contributed by atoms with Gasteiger partial charge in [0.1, 0.15) is 0 Å². The molecule has 6 heteroatoms. The van der Waals surface area contributed by atoms with Crippen LogP contribution in [0.4, 0.5) is 0 Å². The van der Waals surface area contributed by atoms with Crippen LogP contribution in [0, 0.1) is 0 Å². The third-order valence-corrected chi connectivity index (χ3v) is 1.16. The first-order valence-electron chi connectivity index (χ1n) is 4.19. The Morgan fingerprint density at radius 3 is 2.36 bits per heavy atom. The molecule has 6 nitrogen and oxygen atoms in total. The highest BCUT2D eigenvalue weighted by molar-refractivity contribution is 5.77. The van der Waals surface area contributed by atoms with E-state index in [1.807, 2.05) is 26.3 Å². The van der Waals surface area contributed by atoms with Gasteiger partial charge >= 0.3 is 5.97 Å². The molecular weight excluding hydrogens is 188 g/mol. The Morgan fingerprint density at radius 2 is 1.93 bits per heavy atom. The highest BCUT2D eigenvalue weighted by atomic mass is 16.7. The number of carboxylic acids is 1. The van der Waals surface area contributed by atoms with Gasteiger partial charge in [0.25, 0.3) is 5.91 Å². The fraction of sp³-hybridized carbons (Fsp3) is 0.750. The van der Waals surface area contributed by atoms with Crippen molar-refractivity contribution in [3.63, 3.8) is 0 Å². The van der Waals surface area contributed by atoms with Gasteiger partial charge in [-0.15, -0.1) is 0 Å². The zero-order valence-electron chi connectivity index (χ0n) is 8.59. The van der Waals surface area contributed by atoms with E-state index in [1.54, 1.807) is 0 Å². The Morgan fingerprint density at radius 1 is 1.36 bits per heavy atom. The maximum absolute atomic E-state index is 11.0. The van der Waals surface area contributed by atoms with E-state index in [0.717, 1.165) is 0 Å². The van der Waals surface area contributed by atoms with Crippen molar-refractivity contribution in [3.05, 3.63) is 0 Å². The third-order valence-electron chi connectivity index (χ3n) is 1.16. The van der Waals surface area contributed by atoms with Crippen molar-refractivity contribution in [2.24, 2.45) is 0 Å². The summed E-state index contributed by atoms with van der Waals surface area (Å²) in [5, 5.41) is 11.1. The van der Waals surface area contributed by atoms with Crippen LogP contribution < -0.4 is 10.8 Å². The lowest BCUT2D eigenvalue weighted by atomic mass is 10.1. The summed E-state index contributed by atoms with van der Waals surface area (Å²) in [5.74, 6) is -1.53. The summed E-state index contributed by atoms with van der Waals surface area (Å²) in [7, 11) is 0. The molecule has 0 radical (unpaired) electrons. The quantitative estimate of drug-likeness (QED) is 0.526. The molecule has 0 spiro atoms. The smallest absolute Gasteiger partial charge is 0.332 e. The Balaban J connectivity index is 3.52. The lowest BCUT2D eigenvalue weighted by Crippen LogP contribution is -2.43. The van der Waals surface area contributed by atoms with Crippen LogP contribution >= 0.6 is 0 Å². The third kappa shape index (κ3) is 8.95. The maximum Gasteiger partial charge on any atom is 0.332 e. The van der Waals surface area contributed by atoms with Crippen molar-refractivity contribution in [3.8, 4) is 0 Å². The first-order chi connectivity index (χ1) is 6.31. The molecular formula is C8H16N2O4. The van der Waals surface area contributed by atoms with E-state index >= 15 is 0 Å². The topological polar surface area (TPSA) is 87.7 Å². The molecule has 0 aromatic carbocycles. The number of carbonyl (C=O) groups is 2. The van der Waals surface area contributed by atoms with Gasteiger partial charge < -0.3 is 10.4 Å². The normalized spacial score (nSPS) is 11.1. The highest BCUT2D eigenvalue weighted by Gasteiger charge is 2.11. The van der Waals surface area contributed by atoms with Crippen LogP contribution in [0.5, 0.6) is 0 Å². The zero-order chi connectivity index (χ0) is 11.2. The SMILES string of the molecule is CC(C)(C)NCC(=O)NOCC(=O)O. The molecule has 0 heterocycles. The first-order valence-corrected chi connectivity index (χ1v) is 4.19. The van der Waals surface area contributed by atoms with E-state index < -0.39 is 18.5 Å². The molecule has 0 unspecified atom stereocenters. The highest BCUT2D eigenvalue weighted by Crippen LogP contribution is 1.96. The average molecular weight is 204 g/mol. The van der Waals surface area contributed by atoms with Crippen LogP contribution in [0.15, 0.2) is 0 Å². The molecule has 0 aromatic rings. The van der Waals surface area contributed by atoms with Crippen LogP contribution in [0.25, 0.3) is 0 Å². The maximum atomic E-state index is 11.0. The van der Waals surface area contributed by atoms with E-state index in [-0.39, 0.29) is 12.1 Å². The lowest BCUT2D eigenvalue weighted by Gasteiger charge is -2.19. The average Bonchev–Trinajstić information content (AvgIpc) is 1.99. The number of amides is 1. The number of hydrogen-bond acceptors (Lipinski definition) is 4. The van der Waals surface area contributed by atoms with Crippen LogP contribution in [0.2, 0.25) is 0 Å². The molecule has 0 aliphatic carbocycles. The minimum Gasteiger partial charge on any atom is -0.479 e. The van der Waals surface area contributed by atoms with E-state index in [0.29, 0.717) is 0 Å². The van der Waals surface area contributed by atoms with E-state index in [1.165, 1.54) is 0 Å². The van der Waals surface area contributed by atoms with E-state index in [4.69, 9.17) is 5.11 Å². The first kappa shape index (κ1) is 12.9. The number of rotatable bonds is 5. The van der Waals surface area contributed by atoms with Crippen molar-refractivity contribution in [2.45, 2.75) is 26.3 Å². The second-order valence-corrected chi connectivity index (χ2v) is 3.81. The molecule has 0 saturated carbocycles. The summed E-state index contributed by atoms with van der Waals surface area (Å²) in [6, 6.07) is 0. The summed E-state index contributed by atoms with van der Waals surface area (Å²) in [6.07, 6.45) is 0. The van der Waals surface area contributed by atoms with Crippen molar-refractivity contribution in [2.75, 3.05) is 13.2 Å². The molecule has 0 fully saturated rings. The molecule has 14 heavy (non-hydrogen) atoms. The number of hydroxylamine groups is 1. The lowest BCUT2D eigenvalue weighted by molar-refractivity contribution is -0.149. The summed E-state index contributed by atoms with van der Waals surface area (Å²) in [6.45, 7) is 5.29. The Labute approximate surface area is 82.6 Å². The van der Waals surface area contributed by atoms with E-state index in [9.17, 15) is 9.59 Å². The number of carbonyl (C=O) groups excluding carboxylic acids is 1. The Bertz CT molecular complexity index is 210. The van der Waals surface area contributed by atoms with Gasteiger partial charge in [0.2, 0.25) is 0 Å². The van der Waals surface area contributed by atoms with Gasteiger partial charge in [0.05, 0.1) is 6.54 Å². The van der Waals surface area contributed by atoms with Gasteiger partial charge in [-0.2, -0.15) is 0 Å². The van der Waals surface area contributed by atoms with Crippen LogP contribution in [0.3, 0.4) is 0 Å². The standard InChI is InChI=1S/C8H16N2O4/c1-8(2,3)9-4-6(11)10-14-5-7(12)13/h9H,4-5H2,1-3H3,(H,10,11)(H,12,13). The number of aliphatic carboxylic acids is 1. The van der Waals surface area contributed by atoms with Crippen molar-refractivity contribution in [1.29, 1.82) is 0 Å². The molecule has 3 N–H and O–H groups in total. The zero-order valence-corrected chi connectivity index (χ0v) is 8.59. The number of carboxylic acid groups (broad SMARTS) is 1. The molecule has 0 aliphatic rings. The van der Waals surface area contributed by atoms with Gasteiger partial charge in [-0.25, -0.2) is 10.3 Å². The van der Waals surface area contributed by atoms with Gasteiger partial charge in [-0.1, -0.05) is 0 Å². The molecule has 0 aromatic heterocycles. The van der Waals surface area contributed by atoms with Crippen molar-refractivity contribution >= 4 is 11.9 Å². The predicted octanol–water partition coefficient (Wildman–Crippen LogP) is -0.493. The largest absolute Gasteiger partial charge is 0.479 e. The van der Waals surface area contributed by atoms with Gasteiger partial charge in [-0.05, 0) is 20.8 Å². The molecule has 0 saturated heterocycles. The molecule has 0 rings (SSSR count). The Hall–Kier alpha value is -1.14. The van der Waals surface area contributed by atoms with Gasteiger partial charge in [-0.3, -0.25) is 9.63 Å². The van der Waals surface area contributed by atoms with Gasteiger partial charge in [0.15, 0.2) is 6.61 Å². The second-order valence-electron chi connectivity index (χ2n) is 3.81. The molecule has 0 aliphatic heterocycles. The van der Waals surface area contributed by atoms with E-state index in [2.05, 4.69) is 10.2 Å². The summed E-state index contributed by atoms with van der Waals surface area (Å²) in [5.41, 5.74) is 1.84. The Kier molecular flexibility index (Phi) is 5.11. The van der Waals surface area contributed by atoms with Crippen LogP contribution in [0.1, 0.15) is 20.8 Å². The summed E-state index contributed by atoms with van der Waals surface area (Å²) < 4.78 is 0. The van der Waals surface area contributed by atoms with Crippen molar-refractivity contribution in [1.82, 2.24) is 10.8 Å². The molecule has 0 bridgehead atoms. The minimum absolute atomic E-state index is 0.0864. The van der Waals surface area contributed by atoms with Crippen molar-refractivity contribution < 1.29 is 19.5 Å². The van der Waals surface area contributed by atoms with Crippen LogP contribution in [-0.4, -0.2) is 35.7 Å². The molecule has 1 amide bonds. The fourth-order valence-corrected chi connectivity index (χ4v) is 0.560. The fourth-order valence-electron chi connectivity index (χ4n) is 0.560. The van der Waals surface area contributed by atoms with Gasteiger partial charge in [0, 0.05) is 5.54 Å². The molecule has 0 atom stereocenters. The predicted molar refractivity (Wildman–Crippen MR) is 49.5 cm³/mol. The summed E-state index contributed by atoms with van der Waals surface area (Å²) in [4.78, 5) is 25.4. The minimum atomic E-state index is -1.13. The van der Waals surface area contributed by atoms with Crippen LogP contribution in [-0.2, 0) is 14.4 Å². The molecule has 82 valence electrons. The number of nitrogens with one attached hydrogen (secondary N) is 2. The monoisotopic (exact) mass is 204 g/mol. The second kappa shape index (κ2) is 5.56.